The fourth-order valence-electron chi connectivity index (χ4n) is 3.69. The summed E-state index contributed by atoms with van der Waals surface area (Å²) in [5.41, 5.74) is 4.58. The molecule has 0 saturated heterocycles. The molecule has 0 spiro atoms. The summed E-state index contributed by atoms with van der Waals surface area (Å²) in [4.78, 5) is 21.6. The van der Waals surface area contributed by atoms with Gasteiger partial charge in [0.05, 0.1) is 34.6 Å². The molecular weight excluding hydrogens is 440 g/mol. The number of rotatable bonds is 7. The molecule has 0 aliphatic heterocycles. The molecule has 174 valence electrons. The van der Waals surface area contributed by atoms with E-state index >= 15 is 0 Å². The number of carbonyl (C=O) groups excluding carboxylic acids is 1. The quantitative estimate of drug-likeness (QED) is 0.295. The van der Waals surface area contributed by atoms with Gasteiger partial charge in [0.2, 0.25) is 0 Å². The summed E-state index contributed by atoms with van der Waals surface area (Å²) >= 11 is 0. The van der Waals surface area contributed by atoms with E-state index in [9.17, 15) is 4.79 Å². The van der Waals surface area contributed by atoms with Crippen LogP contribution in [0.5, 0.6) is 0 Å². The molecule has 3 aromatic carbocycles. The number of hydrogen-bond donors (Lipinski definition) is 2. The Bertz CT molecular complexity index is 1480. The van der Waals surface area contributed by atoms with Crippen LogP contribution in [0.25, 0.3) is 16.7 Å². The van der Waals surface area contributed by atoms with Crippen LogP contribution in [0.2, 0.25) is 0 Å². The van der Waals surface area contributed by atoms with Crippen molar-refractivity contribution in [2.24, 2.45) is 0 Å². The highest BCUT2D eigenvalue weighted by atomic mass is 16.5. The predicted octanol–water partition coefficient (Wildman–Crippen LogP) is 5.79. The number of aryl methyl sites for hydroxylation is 1. The van der Waals surface area contributed by atoms with E-state index in [2.05, 4.69) is 15.7 Å². The van der Waals surface area contributed by atoms with Gasteiger partial charge in [0, 0.05) is 11.8 Å². The minimum Gasteiger partial charge on any atom is -0.462 e. The van der Waals surface area contributed by atoms with Gasteiger partial charge in [-0.25, -0.2) is 19.4 Å². The second-order valence-electron chi connectivity index (χ2n) is 7.88. The minimum atomic E-state index is -0.351. The minimum absolute atomic E-state index is 0.333. The molecule has 0 aliphatic rings. The SMILES string of the molecule is CCOC(=O)c1ccc(Nc2nc3ccccc3nc2Nc2cc(C)nn2-c2ccccc2)cc1. The Kier molecular flexibility index (Phi) is 6.09. The Hall–Kier alpha value is -4.72. The van der Waals surface area contributed by atoms with Crippen LogP contribution in [0.3, 0.4) is 0 Å². The summed E-state index contributed by atoms with van der Waals surface area (Å²) in [6.45, 7) is 4.06. The van der Waals surface area contributed by atoms with Crippen LogP contribution in [-0.2, 0) is 4.74 Å². The third kappa shape index (κ3) is 4.81. The predicted molar refractivity (Wildman–Crippen MR) is 137 cm³/mol. The summed E-state index contributed by atoms with van der Waals surface area (Å²) in [5.74, 6) is 1.51. The molecule has 0 bridgehead atoms. The van der Waals surface area contributed by atoms with Crippen molar-refractivity contribution in [2.75, 3.05) is 17.2 Å². The van der Waals surface area contributed by atoms with E-state index in [0.29, 0.717) is 23.8 Å². The van der Waals surface area contributed by atoms with Gasteiger partial charge in [0.15, 0.2) is 11.6 Å². The Morgan fingerprint density at radius 2 is 1.49 bits per heavy atom. The number of anilines is 4. The zero-order chi connectivity index (χ0) is 24.2. The maximum Gasteiger partial charge on any atom is 0.338 e. The van der Waals surface area contributed by atoms with Crippen LogP contribution in [-0.4, -0.2) is 32.3 Å². The standard InChI is InChI=1S/C27H24N6O2/c1-3-35-27(34)19-13-15-20(16-14-19)28-25-26(30-23-12-8-7-11-22(23)29-25)31-24-17-18(2)32-33(24)21-9-5-4-6-10-21/h4-17H,3H2,1-2H3,(H,28,29)(H,30,31). The Labute approximate surface area is 202 Å². The van der Waals surface area contributed by atoms with Crippen molar-refractivity contribution in [1.29, 1.82) is 0 Å². The van der Waals surface area contributed by atoms with E-state index in [1.807, 2.05) is 84.4 Å². The number of esters is 1. The molecule has 2 N–H and O–H groups in total. The molecule has 5 rings (SSSR count). The van der Waals surface area contributed by atoms with E-state index < -0.39 is 0 Å². The van der Waals surface area contributed by atoms with E-state index in [0.717, 1.165) is 33.9 Å². The van der Waals surface area contributed by atoms with Gasteiger partial charge in [-0.15, -0.1) is 0 Å². The molecule has 0 aliphatic carbocycles. The number of para-hydroxylation sites is 3. The Morgan fingerprint density at radius 3 is 2.14 bits per heavy atom. The van der Waals surface area contributed by atoms with Crippen molar-refractivity contribution in [3.8, 4) is 5.69 Å². The average Bonchev–Trinajstić information content (AvgIpc) is 3.25. The summed E-state index contributed by atoms with van der Waals surface area (Å²) in [7, 11) is 0. The first kappa shape index (κ1) is 22.1. The topological polar surface area (TPSA) is 94.0 Å². The summed E-state index contributed by atoms with van der Waals surface area (Å²) in [6.07, 6.45) is 0. The summed E-state index contributed by atoms with van der Waals surface area (Å²) in [6, 6.07) is 26.6. The molecule has 2 heterocycles. The van der Waals surface area contributed by atoms with Gasteiger partial charge >= 0.3 is 5.97 Å². The Morgan fingerprint density at radius 1 is 0.857 bits per heavy atom. The molecule has 35 heavy (non-hydrogen) atoms. The van der Waals surface area contributed by atoms with Crippen LogP contribution in [0, 0.1) is 6.92 Å². The van der Waals surface area contributed by atoms with Crippen LogP contribution in [0.1, 0.15) is 23.0 Å². The van der Waals surface area contributed by atoms with Gasteiger partial charge in [-0.1, -0.05) is 30.3 Å². The Balaban J connectivity index is 1.51. The van der Waals surface area contributed by atoms with Crippen molar-refractivity contribution >= 4 is 40.1 Å². The van der Waals surface area contributed by atoms with E-state index in [4.69, 9.17) is 14.7 Å². The molecule has 5 aromatic rings. The summed E-state index contributed by atoms with van der Waals surface area (Å²) in [5, 5.41) is 11.4. The fourth-order valence-corrected chi connectivity index (χ4v) is 3.69. The second-order valence-corrected chi connectivity index (χ2v) is 7.88. The molecule has 0 fully saturated rings. The number of nitrogens with zero attached hydrogens (tertiary/aromatic N) is 4. The molecule has 0 atom stereocenters. The lowest BCUT2D eigenvalue weighted by Gasteiger charge is -2.15. The molecule has 0 unspecified atom stereocenters. The van der Waals surface area contributed by atoms with Crippen molar-refractivity contribution in [3.63, 3.8) is 0 Å². The molecule has 0 saturated carbocycles. The molecule has 2 aromatic heterocycles. The van der Waals surface area contributed by atoms with Gasteiger partial charge in [0.25, 0.3) is 0 Å². The number of fused-ring (bicyclic) bond motifs is 1. The average molecular weight is 465 g/mol. The van der Waals surface area contributed by atoms with Crippen molar-refractivity contribution < 1.29 is 9.53 Å². The summed E-state index contributed by atoms with van der Waals surface area (Å²) < 4.78 is 6.91. The van der Waals surface area contributed by atoms with E-state index in [1.54, 1.807) is 19.1 Å². The third-order valence-corrected chi connectivity index (χ3v) is 5.31. The normalized spacial score (nSPS) is 10.8. The lowest BCUT2D eigenvalue weighted by molar-refractivity contribution is 0.0526. The molecular formula is C27H24N6O2. The lowest BCUT2D eigenvalue weighted by Crippen LogP contribution is -2.07. The van der Waals surface area contributed by atoms with Gasteiger partial charge in [-0.2, -0.15) is 5.10 Å². The number of hydrogen-bond acceptors (Lipinski definition) is 7. The van der Waals surface area contributed by atoms with Gasteiger partial charge in [0.1, 0.15) is 5.82 Å². The lowest BCUT2D eigenvalue weighted by atomic mass is 10.2. The van der Waals surface area contributed by atoms with Crippen LogP contribution in [0.4, 0.5) is 23.1 Å². The largest absolute Gasteiger partial charge is 0.462 e. The van der Waals surface area contributed by atoms with Crippen LogP contribution in [0.15, 0.2) is 84.9 Å². The molecule has 0 amide bonds. The smallest absolute Gasteiger partial charge is 0.338 e. The number of aromatic nitrogens is 4. The maximum absolute atomic E-state index is 12.0. The highest BCUT2D eigenvalue weighted by molar-refractivity contribution is 5.90. The van der Waals surface area contributed by atoms with E-state index in [1.165, 1.54) is 0 Å². The first-order valence-corrected chi connectivity index (χ1v) is 11.3. The number of benzene rings is 3. The van der Waals surface area contributed by atoms with Crippen LogP contribution < -0.4 is 10.6 Å². The van der Waals surface area contributed by atoms with Gasteiger partial charge in [-0.05, 0) is 62.4 Å². The monoisotopic (exact) mass is 464 g/mol. The zero-order valence-corrected chi connectivity index (χ0v) is 19.4. The molecule has 8 heteroatoms. The number of ether oxygens (including phenoxy) is 1. The highest BCUT2D eigenvalue weighted by Gasteiger charge is 2.14. The number of nitrogens with one attached hydrogen (secondary N) is 2. The van der Waals surface area contributed by atoms with Crippen molar-refractivity contribution in [1.82, 2.24) is 19.7 Å². The zero-order valence-electron chi connectivity index (χ0n) is 19.4. The first-order chi connectivity index (χ1) is 17.1. The van der Waals surface area contributed by atoms with Crippen molar-refractivity contribution in [2.45, 2.75) is 13.8 Å². The van der Waals surface area contributed by atoms with Gasteiger partial charge < -0.3 is 15.4 Å². The fraction of sp³-hybridized carbons (Fsp3) is 0.111. The highest BCUT2D eigenvalue weighted by Crippen LogP contribution is 2.29. The van der Waals surface area contributed by atoms with Crippen LogP contribution >= 0.6 is 0 Å². The van der Waals surface area contributed by atoms with E-state index in [-0.39, 0.29) is 5.97 Å². The molecule has 0 radical (unpaired) electrons. The third-order valence-electron chi connectivity index (χ3n) is 5.31. The molecule has 8 nitrogen and oxygen atoms in total. The first-order valence-electron chi connectivity index (χ1n) is 11.3. The maximum atomic E-state index is 12.0. The van der Waals surface area contributed by atoms with Gasteiger partial charge in [-0.3, -0.25) is 0 Å². The second kappa shape index (κ2) is 9.64. The number of carbonyl (C=O) groups is 1. The van der Waals surface area contributed by atoms with Crippen molar-refractivity contribution in [3.05, 3.63) is 96.2 Å².